The fourth-order valence-corrected chi connectivity index (χ4v) is 12.7. The van der Waals surface area contributed by atoms with E-state index >= 15 is 0 Å². The number of esters is 5. The van der Waals surface area contributed by atoms with Gasteiger partial charge in [-0.1, -0.05) is 48.5 Å². The molecule has 2 aliphatic rings. The monoisotopic (exact) mass is 1780 g/mol. The number of methoxy groups -OCH3 is 2. The number of aromatic amines is 2. The quantitative estimate of drug-likeness (QED) is 0.0148. The average Bonchev–Trinajstić information content (AvgIpc) is 1.80. The van der Waals surface area contributed by atoms with Gasteiger partial charge in [-0.15, -0.1) is 0 Å². The van der Waals surface area contributed by atoms with Gasteiger partial charge >= 0.3 is 47.9 Å². The molecule has 37 nitrogen and oxygen atoms in total. The molecule has 10 aromatic rings. The van der Waals surface area contributed by atoms with E-state index in [0.29, 0.717) is 104 Å². The molecule has 6 amide bonds. The Bertz CT molecular complexity index is 5360. The average molecular weight is 1790 g/mol. The van der Waals surface area contributed by atoms with Crippen LogP contribution in [-0.2, 0) is 75.1 Å². The number of aliphatic carboxylic acids is 1. The van der Waals surface area contributed by atoms with Crippen LogP contribution in [-0.4, -0.2) is 233 Å². The summed E-state index contributed by atoms with van der Waals surface area (Å²) < 4.78 is 37.3. The standard InChI is InChI=1S/C41H42BrN9O9.C21H22BrN5O7.C20H22N4O3/c1-25(38(54)58-20-19-50(24-27-5-4-6-31(21-27)57-3)41(56)48-30-9-7-28(8-10-30)29-22-46-47-23-29)60-39(55)26(2)59-35(53)14-13-34(52)51-18-17-45-40(51)49-32-11-12-33-37(36(32)42)44-16-15-43-33;1-11(19(30)31)34-20(32)12(2)33-16(29)6-5-15(28)27-10-9-25-21(27)26-13-3-4-14-18(17(13)22)24-8-7-23-14;1-27-19-4-2-3-15(11-19)14-24(9-10-25)20(26)23-18-7-5-16(6-8-18)17-12-21-22-13-17/h4-12,15-16,21-23,25-26H,13-14,17-20,24H2,1-3H3,(H,45,49)(H,46,47)(H,48,56);3-4,7-8,11-12H,5-6,9-10H2,1-2H3,(H,25,26)(H,30,31);2-8,11-13,25H,9-10,14H2,1H3,(H,21,22)(H,23,26). The maximum absolute atomic E-state index is 13.5. The number of aliphatic imine (C=N–C) groups is 2. The maximum atomic E-state index is 13.5. The van der Waals surface area contributed by atoms with Crippen LogP contribution in [0.4, 0.5) is 32.3 Å². The van der Waals surface area contributed by atoms with Crippen LogP contribution < -0.4 is 30.7 Å². The number of aliphatic hydroxyl groups is 1. The number of carboxylic acids is 1. The minimum Gasteiger partial charge on any atom is -0.497 e. The number of rotatable bonds is 31. The van der Waals surface area contributed by atoms with Gasteiger partial charge in [-0.05, 0) is 155 Å². The third-order valence-corrected chi connectivity index (χ3v) is 19.7. The molecule has 121 heavy (non-hydrogen) atoms. The molecule has 4 unspecified atom stereocenters. The summed E-state index contributed by atoms with van der Waals surface area (Å²) in [7, 11) is 3.15. The number of nitrogens with zero attached hydrogens (tertiary/aromatic N) is 12. The van der Waals surface area contributed by atoms with Gasteiger partial charge in [-0.2, -0.15) is 10.2 Å². The van der Waals surface area contributed by atoms with Gasteiger partial charge in [0.25, 0.3) is 0 Å². The zero-order valence-corrected chi connectivity index (χ0v) is 69.5. The van der Waals surface area contributed by atoms with Crippen LogP contribution in [0.25, 0.3) is 44.3 Å². The molecule has 0 bridgehead atoms. The molecule has 4 atom stereocenters. The zero-order valence-electron chi connectivity index (χ0n) is 66.3. The Kier molecular flexibility index (Phi) is 32.6. The number of aromatic nitrogens is 8. The number of hydrogen-bond donors (Lipinski definition) is 8. The van der Waals surface area contributed by atoms with Crippen LogP contribution in [0.2, 0.25) is 0 Å². The van der Waals surface area contributed by atoms with Gasteiger partial charge in [0.05, 0.1) is 97.0 Å². The number of guanidine groups is 2. The van der Waals surface area contributed by atoms with Gasteiger partial charge in [0.2, 0.25) is 23.7 Å². The first-order chi connectivity index (χ1) is 58.3. The molecule has 0 saturated heterocycles. The number of H-pyrrole nitrogens is 2. The van der Waals surface area contributed by atoms with E-state index < -0.39 is 66.3 Å². The highest BCUT2D eigenvalue weighted by atomic mass is 79.9. The number of urea groups is 2. The number of carbonyl (C=O) groups excluding carboxylic acids is 9. The minimum atomic E-state index is -1.38. The lowest BCUT2D eigenvalue weighted by atomic mass is 10.1. The van der Waals surface area contributed by atoms with Crippen molar-refractivity contribution in [3.63, 3.8) is 0 Å². The molecule has 12 rings (SSSR count). The predicted molar refractivity (Wildman–Crippen MR) is 449 cm³/mol. The summed E-state index contributed by atoms with van der Waals surface area (Å²) in [5, 5.41) is 43.5. The Morgan fingerprint density at radius 3 is 1.34 bits per heavy atom. The zero-order chi connectivity index (χ0) is 86.5. The number of halogens is 2. The third-order valence-electron chi connectivity index (χ3n) is 18.1. The molecule has 0 radical (unpaired) electrons. The van der Waals surface area contributed by atoms with Crippen LogP contribution >= 0.6 is 31.9 Å². The van der Waals surface area contributed by atoms with Crippen molar-refractivity contribution in [1.82, 2.24) is 59.9 Å². The highest BCUT2D eigenvalue weighted by Crippen LogP contribution is 2.32. The summed E-state index contributed by atoms with van der Waals surface area (Å²) in [6, 6.07) is 35.9. The Labute approximate surface area is 709 Å². The minimum absolute atomic E-state index is 0.00763. The summed E-state index contributed by atoms with van der Waals surface area (Å²) in [4.78, 5) is 156. The number of anilines is 4. The number of amides is 6. The highest BCUT2D eigenvalue weighted by Gasteiger charge is 2.32. The lowest BCUT2D eigenvalue weighted by Gasteiger charge is -2.24. The van der Waals surface area contributed by atoms with Crippen LogP contribution in [0.5, 0.6) is 11.5 Å². The van der Waals surface area contributed by atoms with Gasteiger partial charge in [0.15, 0.2) is 24.4 Å². The molecule has 0 saturated carbocycles. The van der Waals surface area contributed by atoms with Gasteiger partial charge in [0, 0.05) is 105 Å². The normalized spacial score (nSPS) is 13.0. The molecule has 2 aliphatic heterocycles. The molecule has 4 aromatic heterocycles. The highest BCUT2D eigenvalue weighted by molar-refractivity contribution is 9.11. The van der Waals surface area contributed by atoms with E-state index in [1.54, 1.807) is 117 Å². The Morgan fingerprint density at radius 1 is 0.504 bits per heavy atom. The van der Waals surface area contributed by atoms with Crippen molar-refractivity contribution in [2.24, 2.45) is 9.98 Å². The summed E-state index contributed by atoms with van der Waals surface area (Å²) in [5.74, 6) is -4.51. The van der Waals surface area contributed by atoms with Crippen molar-refractivity contribution in [1.29, 1.82) is 0 Å². The van der Waals surface area contributed by atoms with E-state index in [-0.39, 0.29) is 76.4 Å². The van der Waals surface area contributed by atoms with E-state index in [9.17, 15) is 53.1 Å². The first kappa shape index (κ1) is 89.5. The molecular formula is C82H86Br2N18O19. The molecule has 6 aromatic carbocycles. The number of benzene rings is 6. The van der Waals surface area contributed by atoms with Crippen molar-refractivity contribution < 1.29 is 91.3 Å². The van der Waals surface area contributed by atoms with Crippen molar-refractivity contribution in [3.05, 3.63) is 191 Å². The van der Waals surface area contributed by atoms with E-state index in [1.807, 2.05) is 72.9 Å². The van der Waals surface area contributed by atoms with Crippen molar-refractivity contribution >= 4 is 148 Å². The third kappa shape index (κ3) is 25.8. The first-order valence-electron chi connectivity index (χ1n) is 37.7. The fourth-order valence-electron chi connectivity index (χ4n) is 11.7. The van der Waals surface area contributed by atoms with E-state index in [4.69, 9.17) is 33.5 Å². The van der Waals surface area contributed by atoms with Crippen LogP contribution in [0.3, 0.4) is 0 Å². The molecule has 0 aliphatic carbocycles. The van der Waals surface area contributed by atoms with Gasteiger partial charge in [0.1, 0.15) is 29.1 Å². The second-order valence-corrected chi connectivity index (χ2v) is 28.2. The molecule has 8 N–H and O–H groups in total. The number of fused-ring (bicyclic) bond motifs is 2. The number of hydrogen-bond acceptors (Lipinski definition) is 28. The second kappa shape index (κ2) is 44.1. The van der Waals surface area contributed by atoms with Crippen molar-refractivity contribution in [2.75, 3.05) is 88.0 Å². The number of nitrogens with one attached hydrogen (secondary N) is 6. The van der Waals surface area contributed by atoms with Crippen LogP contribution in [0.15, 0.2) is 190 Å². The maximum Gasteiger partial charge on any atom is 0.347 e. The van der Waals surface area contributed by atoms with Gasteiger partial charge in [-0.3, -0.25) is 69.1 Å². The lowest BCUT2D eigenvalue weighted by Crippen LogP contribution is -2.39. The first-order valence-corrected chi connectivity index (χ1v) is 39.3. The van der Waals surface area contributed by atoms with Crippen molar-refractivity contribution in [3.8, 4) is 33.8 Å². The lowest BCUT2D eigenvalue weighted by molar-refractivity contribution is -0.177. The fraction of sp³-hybridized carbons (Fsp3) is 0.293. The Morgan fingerprint density at radius 2 is 0.926 bits per heavy atom. The molecule has 0 fully saturated rings. The number of aliphatic hydroxyl groups excluding tert-OH is 1. The van der Waals surface area contributed by atoms with E-state index in [2.05, 4.69) is 108 Å². The molecular weight excluding hydrogens is 1700 g/mol. The van der Waals surface area contributed by atoms with Gasteiger partial charge in [-0.25, -0.2) is 28.8 Å². The Balaban J connectivity index is 0.000000211. The summed E-state index contributed by atoms with van der Waals surface area (Å²) >= 11 is 7.03. The largest absolute Gasteiger partial charge is 0.497 e. The number of carboxylic acid groups (broad SMARTS) is 1. The molecule has 632 valence electrons. The van der Waals surface area contributed by atoms with Crippen LogP contribution in [0, 0.1) is 0 Å². The summed E-state index contributed by atoms with van der Waals surface area (Å²) in [6.07, 6.45) is 6.97. The smallest absolute Gasteiger partial charge is 0.347 e. The molecule has 39 heteroatoms. The molecule has 6 heterocycles. The summed E-state index contributed by atoms with van der Waals surface area (Å²) in [5.41, 5.74) is 10.7. The number of carbonyl (C=O) groups is 10. The molecule has 0 spiro atoms. The van der Waals surface area contributed by atoms with E-state index in [0.717, 1.165) is 39.1 Å². The van der Waals surface area contributed by atoms with E-state index in [1.165, 1.54) is 42.4 Å². The van der Waals surface area contributed by atoms with Gasteiger partial charge < -0.3 is 74.4 Å². The SMILES string of the molecule is CC(OC(=O)C(C)OC(=O)CCC(=O)N1CCN=C1Nc1ccc2nccnc2c1Br)C(=O)O.COc1cccc(CN(CCO)C(=O)Nc2ccc(-c3cn[nH]c3)cc2)c1.COc1cccc(CN(CCOC(=O)C(C)OC(=O)C(C)OC(=O)CCC(=O)N2CCN=C2Nc2ccc3nccnc3c2Br)C(=O)Nc2ccc(-c3cn[nH]c3)cc2)c1. The van der Waals surface area contributed by atoms with Crippen LogP contribution in [0.1, 0.15) is 64.5 Å². The van der Waals surface area contributed by atoms with Crippen molar-refractivity contribution in [2.45, 2.75) is 90.9 Å². The predicted octanol–water partition coefficient (Wildman–Crippen LogP) is 10.2. The number of ether oxygens (including phenoxy) is 7. The Hall–Kier alpha value is -13.8. The second-order valence-electron chi connectivity index (χ2n) is 26.6. The summed E-state index contributed by atoms with van der Waals surface area (Å²) in [6.45, 7) is 6.90. The topological polar surface area (TPSA) is 470 Å².